The van der Waals surface area contributed by atoms with Crippen molar-refractivity contribution in [2.75, 3.05) is 6.61 Å². The number of hydrogen-bond donors (Lipinski definition) is 0. The van der Waals surface area contributed by atoms with E-state index in [0.717, 1.165) is 30.3 Å². The van der Waals surface area contributed by atoms with Gasteiger partial charge in [-0.3, -0.25) is 0 Å². The summed E-state index contributed by atoms with van der Waals surface area (Å²) in [6, 6.07) is 0. The minimum Gasteiger partial charge on any atom is -0.377 e. The lowest BCUT2D eigenvalue weighted by molar-refractivity contribution is -0.138. The highest BCUT2D eigenvalue weighted by Gasteiger charge is 2.48. The number of ether oxygens (including phenoxy) is 1. The van der Waals surface area contributed by atoms with Crippen LogP contribution in [0.2, 0.25) is 0 Å². The van der Waals surface area contributed by atoms with E-state index in [1.165, 1.54) is 25.7 Å². The Bertz CT molecular complexity index is 235. The van der Waals surface area contributed by atoms with Crippen molar-refractivity contribution in [1.29, 1.82) is 0 Å². The van der Waals surface area contributed by atoms with E-state index in [1.54, 1.807) is 6.42 Å². The van der Waals surface area contributed by atoms with Crippen LogP contribution in [0.25, 0.3) is 0 Å². The van der Waals surface area contributed by atoms with Gasteiger partial charge in [0.15, 0.2) is 0 Å². The van der Waals surface area contributed by atoms with Crippen molar-refractivity contribution in [1.82, 2.24) is 0 Å². The molecule has 0 aromatic rings. The van der Waals surface area contributed by atoms with Gasteiger partial charge in [-0.05, 0) is 61.2 Å². The van der Waals surface area contributed by atoms with Gasteiger partial charge in [-0.1, -0.05) is 20.8 Å². The van der Waals surface area contributed by atoms with Crippen LogP contribution in [0.1, 0.15) is 52.9 Å². The normalized spacial score (nSPS) is 46.3. The molecule has 0 radical (unpaired) electrons. The molecule has 4 saturated carbocycles. The summed E-state index contributed by atoms with van der Waals surface area (Å²) in [5, 5.41) is 0. The molecule has 0 aromatic carbocycles. The Kier molecular flexibility index (Phi) is 2.58. The van der Waals surface area contributed by atoms with Crippen LogP contribution < -0.4 is 0 Å². The largest absolute Gasteiger partial charge is 0.377 e. The van der Waals surface area contributed by atoms with Gasteiger partial charge in [-0.15, -0.1) is 0 Å². The van der Waals surface area contributed by atoms with Crippen molar-refractivity contribution in [2.24, 2.45) is 29.1 Å². The zero-order valence-electron chi connectivity index (χ0n) is 11.0. The lowest BCUT2D eigenvalue weighted by atomic mass is 9.55. The van der Waals surface area contributed by atoms with Crippen LogP contribution in [0.4, 0.5) is 0 Å². The highest BCUT2D eigenvalue weighted by Crippen LogP contribution is 2.54. The van der Waals surface area contributed by atoms with Gasteiger partial charge in [0.25, 0.3) is 0 Å². The second-order valence-electron chi connectivity index (χ2n) is 7.77. The van der Waals surface area contributed by atoms with E-state index < -0.39 is 0 Å². The molecule has 4 aliphatic rings. The van der Waals surface area contributed by atoms with Gasteiger partial charge in [0, 0.05) is 0 Å². The maximum atomic E-state index is 6.28. The van der Waals surface area contributed by atoms with Crippen LogP contribution >= 0.6 is 0 Å². The van der Waals surface area contributed by atoms with Gasteiger partial charge in [-0.2, -0.15) is 0 Å². The van der Waals surface area contributed by atoms with Crippen molar-refractivity contribution in [2.45, 2.75) is 59.0 Å². The van der Waals surface area contributed by atoms with Crippen LogP contribution in [0.3, 0.4) is 0 Å². The van der Waals surface area contributed by atoms with Gasteiger partial charge >= 0.3 is 0 Å². The summed E-state index contributed by atoms with van der Waals surface area (Å²) in [5.74, 6) is 3.96. The SMILES string of the molecule is CC(C)(C)COC1C2CC3CC(C2)CC1C3. The third kappa shape index (κ3) is 2.03. The first kappa shape index (κ1) is 11.1. The Balaban J connectivity index is 1.64. The Hall–Kier alpha value is -0.0400. The van der Waals surface area contributed by atoms with Gasteiger partial charge in [0.05, 0.1) is 12.7 Å². The summed E-state index contributed by atoms with van der Waals surface area (Å²) in [7, 11) is 0. The van der Waals surface area contributed by atoms with Crippen LogP contribution in [0.15, 0.2) is 0 Å². The molecule has 0 heterocycles. The highest BCUT2D eigenvalue weighted by molar-refractivity contribution is 4.99. The molecular weight excluding hydrogens is 196 g/mol. The lowest BCUT2D eigenvalue weighted by Crippen LogP contribution is -2.50. The summed E-state index contributed by atoms with van der Waals surface area (Å²) >= 11 is 0. The van der Waals surface area contributed by atoms with E-state index in [9.17, 15) is 0 Å². The van der Waals surface area contributed by atoms with Crippen molar-refractivity contribution < 1.29 is 4.74 Å². The first-order valence-electron chi connectivity index (χ1n) is 7.13. The second kappa shape index (κ2) is 3.73. The molecule has 4 bridgehead atoms. The van der Waals surface area contributed by atoms with Crippen LogP contribution in [0, 0.1) is 29.1 Å². The van der Waals surface area contributed by atoms with Crippen molar-refractivity contribution in [3.8, 4) is 0 Å². The zero-order chi connectivity index (χ0) is 11.3. The highest BCUT2D eigenvalue weighted by atomic mass is 16.5. The molecule has 0 N–H and O–H groups in total. The van der Waals surface area contributed by atoms with Crippen LogP contribution in [-0.4, -0.2) is 12.7 Å². The Morgan fingerprint density at radius 1 is 0.875 bits per heavy atom. The summed E-state index contributed by atoms with van der Waals surface area (Å²) in [6.07, 6.45) is 8.05. The van der Waals surface area contributed by atoms with E-state index in [2.05, 4.69) is 20.8 Å². The lowest BCUT2D eigenvalue weighted by Gasteiger charge is -2.54. The van der Waals surface area contributed by atoms with Gasteiger partial charge in [0.1, 0.15) is 0 Å². The molecule has 0 atom stereocenters. The Morgan fingerprint density at radius 2 is 1.38 bits per heavy atom. The molecule has 0 aliphatic heterocycles. The molecule has 0 saturated heterocycles. The fourth-order valence-corrected chi connectivity index (χ4v) is 4.49. The maximum absolute atomic E-state index is 6.28. The molecule has 0 aromatic heterocycles. The molecule has 92 valence electrons. The fourth-order valence-electron chi connectivity index (χ4n) is 4.49. The summed E-state index contributed by atoms with van der Waals surface area (Å²) < 4.78 is 6.28. The van der Waals surface area contributed by atoms with E-state index in [0.29, 0.717) is 11.5 Å². The Morgan fingerprint density at radius 3 is 1.81 bits per heavy atom. The molecular formula is C15H26O. The summed E-state index contributed by atoms with van der Waals surface area (Å²) in [5.41, 5.74) is 0.328. The van der Waals surface area contributed by atoms with Crippen molar-refractivity contribution in [3.05, 3.63) is 0 Å². The molecule has 4 rings (SSSR count). The van der Waals surface area contributed by atoms with E-state index in [-0.39, 0.29) is 0 Å². The minimum atomic E-state index is 0.328. The summed E-state index contributed by atoms with van der Waals surface area (Å²) in [4.78, 5) is 0. The minimum absolute atomic E-state index is 0.328. The predicted molar refractivity (Wildman–Crippen MR) is 66.2 cm³/mol. The van der Waals surface area contributed by atoms with Crippen LogP contribution in [-0.2, 0) is 4.74 Å². The molecule has 0 unspecified atom stereocenters. The first-order valence-corrected chi connectivity index (χ1v) is 7.13. The quantitative estimate of drug-likeness (QED) is 0.689. The maximum Gasteiger partial charge on any atom is 0.0632 e. The standard InChI is InChI=1S/C15H26O/c1-15(2,3)9-16-14-12-5-10-4-11(7-12)8-13(14)6-10/h10-14H,4-9H2,1-3H3. The van der Waals surface area contributed by atoms with Crippen LogP contribution in [0.5, 0.6) is 0 Å². The molecule has 0 spiro atoms. The third-order valence-corrected chi connectivity index (χ3v) is 4.85. The van der Waals surface area contributed by atoms with Gasteiger partial charge in [-0.25, -0.2) is 0 Å². The van der Waals surface area contributed by atoms with Crippen molar-refractivity contribution in [3.63, 3.8) is 0 Å². The van der Waals surface area contributed by atoms with Crippen molar-refractivity contribution >= 4 is 0 Å². The number of hydrogen-bond acceptors (Lipinski definition) is 1. The Labute approximate surface area is 99.9 Å². The molecule has 1 heteroatoms. The fraction of sp³-hybridized carbons (Fsp3) is 1.00. The molecule has 1 nitrogen and oxygen atoms in total. The van der Waals surface area contributed by atoms with Gasteiger partial charge in [0.2, 0.25) is 0 Å². The third-order valence-electron chi connectivity index (χ3n) is 4.85. The summed E-state index contributed by atoms with van der Waals surface area (Å²) in [6.45, 7) is 7.79. The first-order chi connectivity index (χ1) is 7.51. The average molecular weight is 222 g/mol. The molecule has 0 amide bonds. The molecule has 4 aliphatic carbocycles. The predicted octanol–water partition coefficient (Wildman–Crippen LogP) is 3.87. The number of rotatable bonds is 2. The molecule has 4 fully saturated rings. The molecule has 16 heavy (non-hydrogen) atoms. The second-order valence-corrected chi connectivity index (χ2v) is 7.77. The van der Waals surface area contributed by atoms with E-state index >= 15 is 0 Å². The average Bonchev–Trinajstić information content (AvgIpc) is 2.13. The van der Waals surface area contributed by atoms with E-state index in [1.807, 2.05) is 0 Å². The van der Waals surface area contributed by atoms with Gasteiger partial charge < -0.3 is 4.74 Å². The smallest absolute Gasteiger partial charge is 0.0632 e. The topological polar surface area (TPSA) is 9.23 Å². The zero-order valence-corrected chi connectivity index (χ0v) is 11.0. The monoisotopic (exact) mass is 222 g/mol. The van der Waals surface area contributed by atoms with E-state index in [4.69, 9.17) is 4.74 Å².